The van der Waals surface area contributed by atoms with Crippen molar-refractivity contribution in [2.75, 3.05) is 0 Å². The number of fused-ring (bicyclic) bond motifs is 1. The summed E-state index contributed by atoms with van der Waals surface area (Å²) in [6.07, 6.45) is -1.15. The molecule has 0 fully saturated rings. The van der Waals surface area contributed by atoms with Crippen molar-refractivity contribution in [2.45, 2.75) is 46.2 Å². The maximum Gasteiger partial charge on any atom is 0.408 e. The Hall–Kier alpha value is -3.39. The second-order valence-corrected chi connectivity index (χ2v) is 8.97. The average molecular weight is 457 g/mol. The Morgan fingerprint density at radius 3 is 2.38 bits per heavy atom. The molecular formula is C23H25ClN4O4. The van der Waals surface area contributed by atoms with Crippen LogP contribution >= 0.6 is 11.6 Å². The number of carbonyl (C=O) groups excluding carboxylic acids is 1. The molecule has 3 aromatic rings. The van der Waals surface area contributed by atoms with E-state index in [-0.39, 0.29) is 21.8 Å². The summed E-state index contributed by atoms with van der Waals surface area (Å²) in [5.41, 5.74) is 5.71. The highest BCUT2D eigenvalue weighted by molar-refractivity contribution is 6.35. The standard InChI is InChI=1S/C23H25ClN4O4/c1-12-14(19(25)29)8-6-11-17(12)27-20(13(2)28(22(31)32)23(3,4)5)26-16-10-7-9-15(24)18(16)21(27)30/h6-11,13H,1-5H3,(H2,25,29)(H,31,32). The number of benzene rings is 2. The highest BCUT2D eigenvalue weighted by atomic mass is 35.5. The molecule has 1 unspecified atom stereocenters. The summed E-state index contributed by atoms with van der Waals surface area (Å²) >= 11 is 6.33. The van der Waals surface area contributed by atoms with Crippen molar-refractivity contribution in [3.8, 4) is 5.69 Å². The molecule has 3 rings (SSSR count). The highest BCUT2D eigenvalue weighted by Gasteiger charge is 2.35. The number of aromatic nitrogens is 2. The summed E-state index contributed by atoms with van der Waals surface area (Å²) in [7, 11) is 0. The van der Waals surface area contributed by atoms with Crippen molar-refractivity contribution in [2.24, 2.45) is 5.73 Å². The molecule has 0 aliphatic rings. The number of carbonyl (C=O) groups is 2. The van der Waals surface area contributed by atoms with E-state index < -0.39 is 29.1 Å². The number of halogens is 1. The molecule has 32 heavy (non-hydrogen) atoms. The first-order valence-corrected chi connectivity index (χ1v) is 10.4. The van der Waals surface area contributed by atoms with Crippen LogP contribution in [0.5, 0.6) is 0 Å². The lowest BCUT2D eigenvalue weighted by atomic mass is 10.0. The molecule has 3 N–H and O–H groups in total. The van der Waals surface area contributed by atoms with Crippen molar-refractivity contribution < 1.29 is 14.7 Å². The van der Waals surface area contributed by atoms with Crippen LogP contribution < -0.4 is 11.3 Å². The molecule has 0 bridgehead atoms. The van der Waals surface area contributed by atoms with Crippen LogP contribution in [0.2, 0.25) is 5.02 Å². The Bertz CT molecular complexity index is 1290. The zero-order valence-electron chi connectivity index (χ0n) is 18.5. The Labute approximate surface area is 190 Å². The van der Waals surface area contributed by atoms with E-state index in [0.717, 1.165) is 0 Å². The quantitative estimate of drug-likeness (QED) is 0.607. The van der Waals surface area contributed by atoms with E-state index in [1.165, 1.54) is 9.47 Å². The van der Waals surface area contributed by atoms with Gasteiger partial charge < -0.3 is 10.8 Å². The minimum Gasteiger partial charge on any atom is -0.465 e. The van der Waals surface area contributed by atoms with E-state index >= 15 is 0 Å². The second-order valence-electron chi connectivity index (χ2n) is 8.56. The van der Waals surface area contributed by atoms with Crippen molar-refractivity contribution in [3.63, 3.8) is 0 Å². The molecule has 0 spiro atoms. The lowest BCUT2D eigenvalue weighted by molar-refractivity contribution is 0.0719. The molecule has 168 valence electrons. The minimum absolute atomic E-state index is 0.201. The number of hydrogen-bond donors (Lipinski definition) is 2. The van der Waals surface area contributed by atoms with Gasteiger partial charge in [-0.3, -0.25) is 19.1 Å². The van der Waals surface area contributed by atoms with E-state index in [0.29, 0.717) is 16.8 Å². The molecule has 0 aliphatic heterocycles. The second kappa shape index (κ2) is 8.27. The van der Waals surface area contributed by atoms with Crippen molar-refractivity contribution >= 4 is 34.5 Å². The third-order valence-corrected chi connectivity index (χ3v) is 5.69. The zero-order chi connectivity index (χ0) is 24.0. The number of hydrogen-bond acceptors (Lipinski definition) is 4. The maximum absolute atomic E-state index is 13.7. The van der Waals surface area contributed by atoms with Gasteiger partial charge >= 0.3 is 6.09 Å². The maximum atomic E-state index is 13.7. The van der Waals surface area contributed by atoms with Gasteiger partial charge in [0.15, 0.2) is 0 Å². The van der Waals surface area contributed by atoms with Crippen molar-refractivity contribution in [1.29, 1.82) is 0 Å². The fourth-order valence-corrected chi connectivity index (χ4v) is 4.25. The molecule has 1 aromatic heterocycles. The van der Waals surface area contributed by atoms with Gasteiger partial charge in [-0.1, -0.05) is 23.7 Å². The lowest BCUT2D eigenvalue weighted by Gasteiger charge is -2.38. The van der Waals surface area contributed by atoms with Crippen LogP contribution in [0.15, 0.2) is 41.2 Å². The van der Waals surface area contributed by atoms with Crippen LogP contribution in [-0.2, 0) is 0 Å². The van der Waals surface area contributed by atoms with E-state index in [2.05, 4.69) is 4.98 Å². The highest BCUT2D eigenvalue weighted by Crippen LogP contribution is 2.31. The fraction of sp³-hybridized carbons (Fsp3) is 0.304. The van der Waals surface area contributed by atoms with Gasteiger partial charge in [0.25, 0.3) is 5.56 Å². The molecule has 1 heterocycles. The van der Waals surface area contributed by atoms with Crippen LogP contribution in [0, 0.1) is 6.92 Å². The van der Waals surface area contributed by atoms with Gasteiger partial charge in [0.05, 0.1) is 27.7 Å². The van der Waals surface area contributed by atoms with Gasteiger partial charge in [0.1, 0.15) is 5.82 Å². The van der Waals surface area contributed by atoms with Crippen molar-refractivity contribution in [3.05, 3.63) is 68.7 Å². The Morgan fingerprint density at radius 1 is 1.19 bits per heavy atom. The Morgan fingerprint density at radius 2 is 1.81 bits per heavy atom. The summed E-state index contributed by atoms with van der Waals surface area (Å²) in [5.74, 6) is -0.438. The summed E-state index contributed by atoms with van der Waals surface area (Å²) in [6.45, 7) is 8.62. The van der Waals surface area contributed by atoms with E-state index in [4.69, 9.17) is 17.3 Å². The summed E-state index contributed by atoms with van der Waals surface area (Å²) in [6, 6.07) is 8.94. The third-order valence-electron chi connectivity index (χ3n) is 5.37. The van der Waals surface area contributed by atoms with Crippen LogP contribution in [0.25, 0.3) is 16.6 Å². The monoisotopic (exact) mass is 456 g/mol. The topological polar surface area (TPSA) is 119 Å². The van der Waals surface area contributed by atoms with E-state index in [9.17, 15) is 19.5 Å². The number of nitrogens with zero attached hydrogens (tertiary/aromatic N) is 3. The Kier molecular flexibility index (Phi) is 6.02. The predicted molar refractivity (Wildman–Crippen MR) is 124 cm³/mol. The van der Waals surface area contributed by atoms with Gasteiger partial charge in [0, 0.05) is 11.1 Å². The molecule has 0 saturated carbocycles. The normalized spacial score (nSPS) is 12.6. The molecule has 9 heteroatoms. The third kappa shape index (κ3) is 3.93. The van der Waals surface area contributed by atoms with Gasteiger partial charge in [-0.15, -0.1) is 0 Å². The van der Waals surface area contributed by atoms with Crippen LogP contribution in [0.4, 0.5) is 4.79 Å². The van der Waals surface area contributed by atoms with Gasteiger partial charge in [0.2, 0.25) is 5.91 Å². The number of rotatable bonds is 4. The molecule has 2 amide bonds. The molecule has 2 aromatic carbocycles. The first kappa shape index (κ1) is 23.3. The zero-order valence-corrected chi connectivity index (χ0v) is 19.3. The lowest BCUT2D eigenvalue weighted by Crippen LogP contribution is -2.47. The van der Waals surface area contributed by atoms with E-state index in [1.807, 2.05) is 0 Å². The number of carboxylic acid groups (broad SMARTS) is 1. The number of amides is 2. The fourth-order valence-electron chi connectivity index (χ4n) is 4.00. The summed E-state index contributed by atoms with van der Waals surface area (Å²) < 4.78 is 1.32. The largest absolute Gasteiger partial charge is 0.465 e. The smallest absolute Gasteiger partial charge is 0.408 e. The first-order chi connectivity index (χ1) is 14.9. The minimum atomic E-state index is -1.15. The molecule has 0 saturated heterocycles. The van der Waals surface area contributed by atoms with Crippen LogP contribution in [0.1, 0.15) is 55.5 Å². The predicted octanol–water partition coefficient (Wildman–Crippen LogP) is 4.29. The van der Waals surface area contributed by atoms with Crippen LogP contribution in [0.3, 0.4) is 0 Å². The Balaban J connectivity index is 2.47. The molecule has 0 radical (unpaired) electrons. The number of primary amides is 1. The average Bonchev–Trinajstić information content (AvgIpc) is 2.66. The van der Waals surface area contributed by atoms with Crippen molar-refractivity contribution in [1.82, 2.24) is 14.5 Å². The first-order valence-electron chi connectivity index (χ1n) is 9.99. The molecule has 8 nitrogen and oxygen atoms in total. The summed E-state index contributed by atoms with van der Waals surface area (Å²) in [5, 5.41) is 10.4. The van der Waals surface area contributed by atoms with Gasteiger partial charge in [-0.25, -0.2) is 9.78 Å². The van der Waals surface area contributed by atoms with E-state index in [1.54, 1.807) is 71.0 Å². The molecular weight excluding hydrogens is 432 g/mol. The molecule has 1 atom stereocenters. The SMILES string of the molecule is Cc1c(C(N)=O)cccc1-n1c(C(C)N(C(=O)O)C(C)(C)C)nc2cccc(Cl)c2c1=O. The van der Waals surface area contributed by atoms with Gasteiger partial charge in [-0.2, -0.15) is 0 Å². The van der Waals surface area contributed by atoms with Crippen LogP contribution in [-0.4, -0.2) is 37.1 Å². The summed E-state index contributed by atoms with van der Waals surface area (Å²) in [4.78, 5) is 43.7. The molecule has 0 aliphatic carbocycles. The number of nitrogens with two attached hydrogens (primary N) is 1. The van der Waals surface area contributed by atoms with Gasteiger partial charge in [-0.05, 0) is 64.4 Å².